The lowest BCUT2D eigenvalue weighted by Crippen LogP contribution is -2.14. The number of allylic oxidation sites excluding steroid dienone is 1. The highest BCUT2D eigenvalue weighted by molar-refractivity contribution is 6.55. The number of rotatable bonds is 6. The topological polar surface area (TPSA) is 59.3 Å². The maximum absolute atomic E-state index is 14.2. The van der Waals surface area contributed by atoms with Crippen LogP contribution in [0.25, 0.3) is 0 Å². The third-order valence-corrected chi connectivity index (χ3v) is 5.30. The van der Waals surface area contributed by atoms with Crippen LogP contribution in [-0.4, -0.2) is 5.97 Å². The number of nitriles is 1. The Morgan fingerprint density at radius 3 is 2.55 bits per heavy atom. The van der Waals surface area contributed by atoms with Crippen molar-refractivity contribution in [2.24, 2.45) is 17.3 Å². The van der Waals surface area contributed by atoms with Gasteiger partial charge in [-0.15, -0.1) is 0 Å². The third-order valence-electron chi connectivity index (χ3n) is 5.05. The van der Waals surface area contributed by atoms with Crippen molar-refractivity contribution in [1.29, 1.82) is 5.26 Å². The number of benzene rings is 2. The Balaban J connectivity index is 1.77. The van der Waals surface area contributed by atoms with E-state index < -0.39 is 23.8 Å². The van der Waals surface area contributed by atoms with Gasteiger partial charge in [0.25, 0.3) is 0 Å². The summed E-state index contributed by atoms with van der Waals surface area (Å²) in [5.41, 5.74) is -0.0645. The first kappa shape index (κ1) is 21.2. The van der Waals surface area contributed by atoms with Gasteiger partial charge in [0.15, 0.2) is 11.6 Å². The fourth-order valence-corrected chi connectivity index (χ4v) is 3.58. The minimum absolute atomic E-state index is 0.0634. The predicted molar refractivity (Wildman–Crippen MR) is 108 cm³/mol. The second-order valence-electron chi connectivity index (χ2n) is 7.33. The van der Waals surface area contributed by atoms with Crippen LogP contribution in [0.1, 0.15) is 25.5 Å². The van der Waals surface area contributed by atoms with Gasteiger partial charge >= 0.3 is 5.97 Å². The standard InChI is InChI=1S/C22H18Cl2FNO3/c1-22(2)15(11-19(23)24)20(22)21(27)29-18(12-26)13-8-9-16(25)17(10-13)28-14-6-4-3-5-7-14/h3-11,15,18,20H,1-2H3/t15-,18+,20-/m0/s1. The first-order chi connectivity index (χ1) is 13.7. The first-order valence-electron chi connectivity index (χ1n) is 8.89. The maximum Gasteiger partial charge on any atom is 0.311 e. The van der Waals surface area contributed by atoms with Crippen LogP contribution in [0.3, 0.4) is 0 Å². The Labute approximate surface area is 178 Å². The lowest BCUT2D eigenvalue weighted by atomic mass is 10.1. The lowest BCUT2D eigenvalue weighted by Gasteiger charge is -2.14. The van der Waals surface area contributed by atoms with Gasteiger partial charge in [0, 0.05) is 5.56 Å². The van der Waals surface area contributed by atoms with Crippen LogP contribution in [0.5, 0.6) is 11.5 Å². The molecule has 3 rings (SSSR count). The molecule has 3 atom stereocenters. The molecule has 0 radical (unpaired) electrons. The molecule has 1 aliphatic carbocycles. The number of carbonyl (C=O) groups excluding carboxylic acids is 1. The number of ether oxygens (including phenoxy) is 2. The molecule has 0 unspecified atom stereocenters. The highest BCUT2D eigenvalue weighted by Gasteiger charge is 2.62. The van der Waals surface area contributed by atoms with Gasteiger partial charge in [0.1, 0.15) is 16.3 Å². The Kier molecular flexibility index (Phi) is 6.16. The van der Waals surface area contributed by atoms with Crippen molar-refractivity contribution in [2.75, 3.05) is 0 Å². The zero-order valence-electron chi connectivity index (χ0n) is 15.7. The quantitative estimate of drug-likeness (QED) is 0.500. The molecule has 29 heavy (non-hydrogen) atoms. The van der Waals surface area contributed by atoms with E-state index in [1.165, 1.54) is 18.2 Å². The highest BCUT2D eigenvalue weighted by atomic mass is 35.5. The molecule has 0 aromatic heterocycles. The smallest absolute Gasteiger partial charge is 0.311 e. The zero-order valence-corrected chi connectivity index (χ0v) is 17.2. The zero-order chi connectivity index (χ0) is 21.2. The number of hydrogen-bond acceptors (Lipinski definition) is 4. The molecule has 1 saturated carbocycles. The number of hydrogen-bond donors (Lipinski definition) is 0. The van der Waals surface area contributed by atoms with Gasteiger partial charge in [-0.1, -0.05) is 61.3 Å². The Bertz CT molecular complexity index is 981. The number of esters is 1. The van der Waals surface area contributed by atoms with E-state index in [1.807, 2.05) is 26.0 Å². The van der Waals surface area contributed by atoms with E-state index in [0.717, 1.165) is 0 Å². The van der Waals surface area contributed by atoms with Crippen molar-refractivity contribution in [3.8, 4) is 17.6 Å². The second-order valence-corrected chi connectivity index (χ2v) is 8.34. The summed E-state index contributed by atoms with van der Waals surface area (Å²) >= 11 is 11.4. The molecule has 1 aliphatic rings. The second kappa shape index (κ2) is 8.44. The molecular formula is C22H18Cl2FNO3. The molecule has 0 saturated heterocycles. The summed E-state index contributed by atoms with van der Waals surface area (Å²) in [5, 5.41) is 9.51. The molecule has 1 fully saturated rings. The van der Waals surface area contributed by atoms with Crippen LogP contribution >= 0.6 is 23.2 Å². The number of para-hydroxylation sites is 1. The fourth-order valence-electron chi connectivity index (χ4n) is 3.31. The van der Waals surface area contributed by atoms with Gasteiger partial charge < -0.3 is 9.47 Å². The summed E-state index contributed by atoms with van der Waals surface area (Å²) in [6.07, 6.45) is 0.397. The molecule has 2 aromatic rings. The summed E-state index contributed by atoms with van der Waals surface area (Å²) < 4.78 is 25.2. The number of nitrogens with zero attached hydrogens (tertiary/aromatic N) is 1. The van der Waals surface area contributed by atoms with Gasteiger partial charge in [-0.3, -0.25) is 4.79 Å². The fraction of sp³-hybridized carbons (Fsp3) is 0.273. The van der Waals surface area contributed by atoms with Crippen LogP contribution in [0.4, 0.5) is 4.39 Å². The molecule has 0 aliphatic heterocycles. The lowest BCUT2D eigenvalue weighted by molar-refractivity contribution is -0.149. The van der Waals surface area contributed by atoms with E-state index in [1.54, 1.807) is 30.3 Å². The summed E-state index contributed by atoms with van der Waals surface area (Å²) in [4.78, 5) is 12.6. The van der Waals surface area contributed by atoms with Crippen LogP contribution in [0.15, 0.2) is 59.1 Å². The molecule has 150 valence electrons. The summed E-state index contributed by atoms with van der Waals surface area (Å²) in [6.45, 7) is 3.78. The molecule has 2 aromatic carbocycles. The van der Waals surface area contributed by atoms with E-state index in [9.17, 15) is 14.4 Å². The Morgan fingerprint density at radius 2 is 1.93 bits per heavy atom. The first-order valence-corrected chi connectivity index (χ1v) is 9.65. The summed E-state index contributed by atoms with van der Waals surface area (Å²) in [7, 11) is 0. The number of carbonyl (C=O) groups is 1. The van der Waals surface area contributed by atoms with Crippen molar-refractivity contribution in [3.63, 3.8) is 0 Å². The molecule has 4 nitrogen and oxygen atoms in total. The minimum atomic E-state index is -1.20. The third kappa shape index (κ3) is 4.72. The van der Waals surface area contributed by atoms with Gasteiger partial charge in [-0.05, 0) is 41.7 Å². The average Bonchev–Trinajstić information content (AvgIpc) is 3.21. The SMILES string of the molecule is CC1(C)[C@H](C(=O)O[C@H](C#N)c2ccc(F)c(Oc3ccccc3)c2)[C@@H]1C=C(Cl)Cl. The van der Waals surface area contributed by atoms with E-state index in [-0.39, 0.29) is 21.6 Å². The normalized spacial score (nSPS) is 20.1. The van der Waals surface area contributed by atoms with Gasteiger partial charge in [-0.25, -0.2) is 4.39 Å². The van der Waals surface area contributed by atoms with Crippen molar-refractivity contribution in [3.05, 3.63) is 70.5 Å². The van der Waals surface area contributed by atoms with Crippen LogP contribution in [-0.2, 0) is 9.53 Å². The van der Waals surface area contributed by atoms with Crippen LogP contribution in [0, 0.1) is 34.4 Å². The van der Waals surface area contributed by atoms with Gasteiger partial charge in [0.05, 0.1) is 5.92 Å². The summed E-state index contributed by atoms with van der Waals surface area (Å²) in [5.74, 6) is -1.39. The van der Waals surface area contributed by atoms with Gasteiger partial charge in [0.2, 0.25) is 6.10 Å². The highest BCUT2D eigenvalue weighted by Crippen LogP contribution is 2.60. The molecule has 7 heteroatoms. The Morgan fingerprint density at radius 1 is 1.24 bits per heavy atom. The molecular weight excluding hydrogens is 416 g/mol. The van der Waals surface area contributed by atoms with E-state index >= 15 is 0 Å². The predicted octanol–water partition coefficient (Wildman–Crippen LogP) is 6.32. The molecule has 0 amide bonds. The van der Waals surface area contributed by atoms with Crippen molar-refractivity contribution in [1.82, 2.24) is 0 Å². The average molecular weight is 434 g/mol. The van der Waals surface area contributed by atoms with Crippen LogP contribution in [0.2, 0.25) is 0 Å². The number of halogens is 3. The van der Waals surface area contributed by atoms with Crippen LogP contribution < -0.4 is 4.74 Å². The minimum Gasteiger partial charge on any atom is -0.454 e. The monoisotopic (exact) mass is 433 g/mol. The molecule has 0 spiro atoms. The largest absolute Gasteiger partial charge is 0.454 e. The van der Waals surface area contributed by atoms with Gasteiger partial charge in [-0.2, -0.15) is 5.26 Å². The van der Waals surface area contributed by atoms with Crippen molar-refractivity contribution in [2.45, 2.75) is 20.0 Å². The molecule has 0 bridgehead atoms. The molecule has 0 heterocycles. The summed E-state index contributed by atoms with van der Waals surface area (Å²) in [6, 6.07) is 14.5. The molecule has 0 N–H and O–H groups in total. The van der Waals surface area contributed by atoms with E-state index in [0.29, 0.717) is 11.3 Å². The van der Waals surface area contributed by atoms with Crippen molar-refractivity contribution >= 4 is 29.2 Å². The van der Waals surface area contributed by atoms with E-state index in [4.69, 9.17) is 32.7 Å². The van der Waals surface area contributed by atoms with E-state index in [2.05, 4.69) is 0 Å². The Hall–Kier alpha value is -2.55. The maximum atomic E-state index is 14.2. The van der Waals surface area contributed by atoms with Crippen molar-refractivity contribution < 1.29 is 18.7 Å².